The van der Waals surface area contributed by atoms with Gasteiger partial charge < -0.3 is 10.5 Å². The number of ketones is 1. The van der Waals surface area contributed by atoms with Crippen LogP contribution in [0.25, 0.3) is 0 Å². The minimum absolute atomic E-state index is 0.116. The number of nitrogens with two attached hydrogens (primary N) is 1. The zero-order valence-corrected chi connectivity index (χ0v) is 7.99. The minimum Gasteiger partial charge on any atom is -0.494 e. The van der Waals surface area contributed by atoms with Crippen molar-refractivity contribution in [3.63, 3.8) is 0 Å². The maximum Gasteiger partial charge on any atom is 0.204 e. The van der Waals surface area contributed by atoms with Crippen LogP contribution in [0.2, 0.25) is 0 Å². The maximum absolute atomic E-state index is 11.8. The predicted molar refractivity (Wildman–Crippen MR) is 51.3 cm³/mol. The molecule has 0 radical (unpaired) electrons. The fourth-order valence-electron chi connectivity index (χ4n) is 1.32. The van der Waals surface area contributed by atoms with Gasteiger partial charge in [0.1, 0.15) is 11.4 Å². The Morgan fingerprint density at radius 1 is 1.64 bits per heavy atom. The third-order valence-electron chi connectivity index (χ3n) is 2.45. The molecular weight excluding hydrogens is 180 g/mol. The molecule has 0 amide bonds. The lowest BCUT2D eigenvalue weighted by Gasteiger charge is -2.09. The Morgan fingerprint density at radius 3 is 2.93 bits per heavy atom. The van der Waals surface area contributed by atoms with Crippen LogP contribution in [0.3, 0.4) is 0 Å². The van der Waals surface area contributed by atoms with Crippen LogP contribution < -0.4 is 10.5 Å². The predicted octanol–water partition coefficient (Wildman–Crippen LogP) is 0.764. The summed E-state index contributed by atoms with van der Waals surface area (Å²) in [5, 5.41) is 0. The van der Waals surface area contributed by atoms with Crippen LogP contribution in [0.15, 0.2) is 18.3 Å². The summed E-state index contributed by atoms with van der Waals surface area (Å²) in [6.45, 7) is 0. The first-order chi connectivity index (χ1) is 6.67. The average molecular weight is 192 g/mol. The fourth-order valence-corrected chi connectivity index (χ4v) is 1.32. The number of nitrogens with zero attached hydrogens (tertiary/aromatic N) is 1. The van der Waals surface area contributed by atoms with Gasteiger partial charge in [-0.3, -0.25) is 4.79 Å². The number of carbonyl (C=O) groups excluding carboxylic acids is 1. The average Bonchev–Trinajstić information content (AvgIpc) is 2.97. The highest BCUT2D eigenvalue weighted by Crippen LogP contribution is 2.36. The number of hydrogen-bond donors (Lipinski definition) is 1. The van der Waals surface area contributed by atoms with E-state index in [4.69, 9.17) is 10.5 Å². The van der Waals surface area contributed by atoms with E-state index in [2.05, 4.69) is 4.98 Å². The summed E-state index contributed by atoms with van der Waals surface area (Å²) >= 11 is 0. The van der Waals surface area contributed by atoms with E-state index in [1.54, 1.807) is 18.3 Å². The van der Waals surface area contributed by atoms with E-state index in [0.29, 0.717) is 11.4 Å². The number of carbonyl (C=O) groups is 1. The summed E-state index contributed by atoms with van der Waals surface area (Å²) < 4.78 is 5.05. The molecule has 1 heterocycles. The van der Waals surface area contributed by atoms with Crippen LogP contribution in [-0.4, -0.2) is 23.4 Å². The van der Waals surface area contributed by atoms with Crippen molar-refractivity contribution >= 4 is 5.78 Å². The molecule has 0 unspecified atom stereocenters. The minimum atomic E-state index is -0.679. The summed E-state index contributed by atoms with van der Waals surface area (Å²) in [5.74, 6) is 0.379. The van der Waals surface area contributed by atoms with Gasteiger partial charge in [-0.15, -0.1) is 0 Å². The second-order valence-corrected chi connectivity index (χ2v) is 3.54. The van der Waals surface area contributed by atoms with Gasteiger partial charge in [-0.2, -0.15) is 0 Å². The lowest BCUT2D eigenvalue weighted by Crippen LogP contribution is -2.33. The molecule has 0 aliphatic heterocycles. The molecular formula is C10H12N2O2. The third kappa shape index (κ3) is 1.37. The molecule has 2 rings (SSSR count). The van der Waals surface area contributed by atoms with E-state index >= 15 is 0 Å². The largest absolute Gasteiger partial charge is 0.494 e. The van der Waals surface area contributed by atoms with Gasteiger partial charge in [0.15, 0.2) is 0 Å². The van der Waals surface area contributed by atoms with Gasteiger partial charge in [0.2, 0.25) is 5.78 Å². The van der Waals surface area contributed by atoms with Crippen molar-refractivity contribution in [2.24, 2.45) is 5.73 Å². The lowest BCUT2D eigenvalue weighted by atomic mass is 10.1. The van der Waals surface area contributed by atoms with E-state index in [0.717, 1.165) is 12.8 Å². The Balaban J connectivity index is 2.35. The fraction of sp³-hybridized carbons (Fsp3) is 0.400. The molecule has 1 saturated carbocycles. The summed E-state index contributed by atoms with van der Waals surface area (Å²) in [7, 11) is 1.52. The van der Waals surface area contributed by atoms with E-state index in [1.807, 2.05) is 0 Å². The molecule has 14 heavy (non-hydrogen) atoms. The molecule has 1 aliphatic carbocycles. The highest BCUT2D eigenvalue weighted by Gasteiger charge is 2.47. The topological polar surface area (TPSA) is 65.2 Å². The molecule has 4 heteroatoms. The Hall–Kier alpha value is -1.42. The van der Waals surface area contributed by atoms with Crippen LogP contribution >= 0.6 is 0 Å². The standard InChI is InChI=1S/C10H12N2O2/c1-14-7-3-2-6-12-8(7)9(13)10(11)4-5-10/h2-3,6H,4-5,11H2,1H3. The molecule has 0 saturated heterocycles. The second kappa shape index (κ2) is 3.06. The van der Waals surface area contributed by atoms with Gasteiger partial charge in [-0.25, -0.2) is 4.98 Å². The Labute approximate surface area is 82.1 Å². The van der Waals surface area contributed by atoms with Crippen LogP contribution in [0.1, 0.15) is 23.3 Å². The van der Waals surface area contributed by atoms with Crippen molar-refractivity contribution in [3.05, 3.63) is 24.0 Å². The number of aromatic nitrogens is 1. The van der Waals surface area contributed by atoms with E-state index in [1.165, 1.54) is 7.11 Å². The van der Waals surface area contributed by atoms with Crippen molar-refractivity contribution in [1.29, 1.82) is 0 Å². The van der Waals surface area contributed by atoms with Gasteiger partial charge in [-0.05, 0) is 25.0 Å². The molecule has 1 aromatic rings. The zero-order valence-electron chi connectivity index (χ0n) is 7.99. The van der Waals surface area contributed by atoms with E-state index in [9.17, 15) is 4.79 Å². The van der Waals surface area contributed by atoms with Crippen LogP contribution in [-0.2, 0) is 0 Å². The van der Waals surface area contributed by atoms with Crippen LogP contribution in [0.5, 0.6) is 5.75 Å². The van der Waals surface area contributed by atoms with Gasteiger partial charge >= 0.3 is 0 Å². The highest BCUT2D eigenvalue weighted by molar-refractivity contribution is 6.05. The van der Waals surface area contributed by atoms with Gasteiger partial charge in [0.05, 0.1) is 12.6 Å². The second-order valence-electron chi connectivity index (χ2n) is 3.54. The van der Waals surface area contributed by atoms with Crippen molar-refractivity contribution in [2.75, 3.05) is 7.11 Å². The summed E-state index contributed by atoms with van der Waals surface area (Å²) in [4.78, 5) is 15.8. The highest BCUT2D eigenvalue weighted by atomic mass is 16.5. The summed E-state index contributed by atoms with van der Waals surface area (Å²) in [6, 6.07) is 3.44. The first-order valence-corrected chi connectivity index (χ1v) is 4.50. The molecule has 0 aromatic carbocycles. The van der Waals surface area contributed by atoms with Crippen molar-refractivity contribution in [3.8, 4) is 5.75 Å². The monoisotopic (exact) mass is 192 g/mol. The van der Waals surface area contributed by atoms with Crippen molar-refractivity contribution in [1.82, 2.24) is 4.98 Å². The first kappa shape index (κ1) is 9.15. The molecule has 1 fully saturated rings. The molecule has 0 atom stereocenters. The first-order valence-electron chi connectivity index (χ1n) is 4.50. The molecule has 0 bridgehead atoms. The van der Waals surface area contributed by atoms with E-state index in [-0.39, 0.29) is 5.78 Å². The number of methoxy groups -OCH3 is 1. The van der Waals surface area contributed by atoms with E-state index < -0.39 is 5.54 Å². The summed E-state index contributed by atoms with van der Waals surface area (Å²) in [5.41, 5.74) is 5.46. The van der Waals surface area contributed by atoms with Gasteiger partial charge in [-0.1, -0.05) is 0 Å². The van der Waals surface area contributed by atoms with Gasteiger partial charge in [0, 0.05) is 6.20 Å². The maximum atomic E-state index is 11.8. The third-order valence-corrected chi connectivity index (χ3v) is 2.45. The number of rotatable bonds is 3. The molecule has 2 N–H and O–H groups in total. The molecule has 4 nitrogen and oxygen atoms in total. The number of hydrogen-bond acceptors (Lipinski definition) is 4. The van der Waals surface area contributed by atoms with Crippen LogP contribution in [0.4, 0.5) is 0 Å². The van der Waals surface area contributed by atoms with Gasteiger partial charge in [0.25, 0.3) is 0 Å². The lowest BCUT2D eigenvalue weighted by molar-refractivity contribution is 0.0941. The molecule has 0 spiro atoms. The quantitative estimate of drug-likeness (QED) is 0.718. The Kier molecular flexibility index (Phi) is 2.00. The number of Topliss-reactive ketones (excluding diaryl/α,β-unsaturated/α-hetero) is 1. The zero-order chi connectivity index (χ0) is 10.2. The number of ether oxygens (including phenoxy) is 1. The Bertz CT molecular complexity index is 372. The van der Waals surface area contributed by atoms with Crippen molar-refractivity contribution in [2.45, 2.75) is 18.4 Å². The van der Waals surface area contributed by atoms with Crippen molar-refractivity contribution < 1.29 is 9.53 Å². The molecule has 74 valence electrons. The Morgan fingerprint density at radius 2 is 2.36 bits per heavy atom. The molecule has 1 aromatic heterocycles. The smallest absolute Gasteiger partial charge is 0.204 e. The summed E-state index contributed by atoms with van der Waals surface area (Å²) in [6.07, 6.45) is 3.05. The SMILES string of the molecule is COc1cccnc1C(=O)C1(N)CC1. The molecule has 1 aliphatic rings. The normalized spacial score (nSPS) is 17.6. The number of pyridine rings is 1. The van der Waals surface area contributed by atoms with Crippen LogP contribution in [0, 0.1) is 0 Å².